The minimum absolute atomic E-state index is 0.600. The highest BCUT2D eigenvalue weighted by molar-refractivity contribution is 14.1. The van der Waals surface area contributed by atoms with Gasteiger partial charge in [-0.1, -0.05) is 13.8 Å². The van der Waals surface area contributed by atoms with Crippen LogP contribution < -0.4 is 10.2 Å². The Morgan fingerprint density at radius 2 is 1.83 bits per heavy atom. The number of nitrogens with zero attached hydrogens (tertiary/aromatic N) is 3. The van der Waals surface area contributed by atoms with E-state index < -0.39 is 0 Å². The number of hydrogen-bond acceptors (Lipinski definition) is 4. The van der Waals surface area contributed by atoms with Gasteiger partial charge in [0.15, 0.2) is 0 Å². The third-order valence-corrected chi connectivity index (χ3v) is 3.93. The van der Waals surface area contributed by atoms with E-state index in [9.17, 15) is 0 Å². The van der Waals surface area contributed by atoms with E-state index in [1.165, 1.54) is 0 Å². The van der Waals surface area contributed by atoms with Gasteiger partial charge in [0.25, 0.3) is 0 Å². The van der Waals surface area contributed by atoms with Gasteiger partial charge in [-0.25, -0.2) is 4.98 Å². The Morgan fingerprint density at radius 3 is 2.28 bits per heavy atom. The van der Waals surface area contributed by atoms with Crippen molar-refractivity contribution in [1.29, 1.82) is 0 Å². The molecule has 0 unspecified atom stereocenters. The first-order valence-corrected chi connectivity index (χ1v) is 7.60. The maximum Gasteiger partial charge on any atom is 0.227 e. The summed E-state index contributed by atoms with van der Waals surface area (Å²) >= 11 is 2.33. The molecule has 1 heterocycles. The molecule has 0 fully saturated rings. The molecule has 0 spiro atoms. The van der Waals surface area contributed by atoms with Crippen molar-refractivity contribution in [3.63, 3.8) is 0 Å². The largest absolute Gasteiger partial charge is 0.372 e. The first kappa shape index (κ1) is 15.5. The van der Waals surface area contributed by atoms with Crippen LogP contribution in [0.4, 0.5) is 11.8 Å². The van der Waals surface area contributed by atoms with Gasteiger partial charge in [-0.05, 0) is 48.8 Å². The fraction of sp³-hybridized carbons (Fsp3) is 0.692. The summed E-state index contributed by atoms with van der Waals surface area (Å²) in [7, 11) is 1.91. The predicted octanol–water partition coefficient (Wildman–Crippen LogP) is 3.17. The van der Waals surface area contributed by atoms with Crippen LogP contribution in [0.5, 0.6) is 0 Å². The molecule has 0 saturated carbocycles. The standard InChI is InChI=1S/C13H23IN4/c1-6-18(7-2)13-16-10(8-9(3)4)11(14)12(15-5)17-13/h9H,6-8H2,1-5H3,(H,15,16,17). The third-order valence-electron chi connectivity index (χ3n) is 2.79. The van der Waals surface area contributed by atoms with Gasteiger partial charge in [-0.3, -0.25) is 0 Å². The Morgan fingerprint density at radius 1 is 1.22 bits per heavy atom. The Labute approximate surface area is 124 Å². The first-order chi connectivity index (χ1) is 8.53. The van der Waals surface area contributed by atoms with Crippen molar-refractivity contribution in [3.8, 4) is 0 Å². The van der Waals surface area contributed by atoms with Crippen molar-refractivity contribution in [2.24, 2.45) is 5.92 Å². The van der Waals surface area contributed by atoms with Crippen molar-refractivity contribution < 1.29 is 0 Å². The molecular formula is C13H23IN4. The molecule has 0 bridgehead atoms. The monoisotopic (exact) mass is 362 g/mol. The Kier molecular flexibility index (Phi) is 6.11. The van der Waals surface area contributed by atoms with Crippen LogP contribution in [0.2, 0.25) is 0 Å². The summed E-state index contributed by atoms with van der Waals surface area (Å²) in [6.45, 7) is 10.6. The van der Waals surface area contributed by atoms with E-state index in [1.54, 1.807) is 0 Å². The summed E-state index contributed by atoms with van der Waals surface area (Å²) in [6, 6.07) is 0. The molecule has 1 aromatic rings. The third kappa shape index (κ3) is 3.70. The molecule has 0 radical (unpaired) electrons. The fourth-order valence-corrected chi connectivity index (χ4v) is 2.55. The normalized spacial score (nSPS) is 10.8. The highest BCUT2D eigenvalue weighted by Gasteiger charge is 2.15. The van der Waals surface area contributed by atoms with Crippen molar-refractivity contribution in [2.45, 2.75) is 34.1 Å². The van der Waals surface area contributed by atoms with Crippen LogP contribution in [-0.4, -0.2) is 30.1 Å². The highest BCUT2D eigenvalue weighted by atomic mass is 127. The van der Waals surface area contributed by atoms with E-state index in [0.717, 1.165) is 40.5 Å². The lowest BCUT2D eigenvalue weighted by atomic mass is 10.1. The summed E-state index contributed by atoms with van der Waals surface area (Å²) in [4.78, 5) is 11.5. The molecule has 18 heavy (non-hydrogen) atoms. The Balaban J connectivity index is 3.20. The smallest absolute Gasteiger partial charge is 0.227 e. The van der Waals surface area contributed by atoms with E-state index in [-0.39, 0.29) is 0 Å². The highest BCUT2D eigenvalue weighted by Crippen LogP contribution is 2.24. The fourth-order valence-electron chi connectivity index (χ4n) is 1.82. The maximum absolute atomic E-state index is 4.73. The zero-order chi connectivity index (χ0) is 13.7. The second-order valence-electron chi connectivity index (χ2n) is 4.65. The Hall–Kier alpha value is -0.590. The van der Waals surface area contributed by atoms with E-state index in [0.29, 0.717) is 5.92 Å². The van der Waals surface area contributed by atoms with Crippen LogP contribution in [0.25, 0.3) is 0 Å². The number of anilines is 2. The number of aromatic nitrogens is 2. The first-order valence-electron chi connectivity index (χ1n) is 6.52. The topological polar surface area (TPSA) is 41.1 Å². The van der Waals surface area contributed by atoms with Crippen LogP contribution >= 0.6 is 22.6 Å². The van der Waals surface area contributed by atoms with Crippen LogP contribution in [0.15, 0.2) is 0 Å². The van der Waals surface area contributed by atoms with Gasteiger partial charge in [0.2, 0.25) is 5.95 Å². The molecule has 0 aliphatic heterocycles. The molecule has 0 aliphatic rings. The lowest BCUT2D eigenvalue weighted by Gasteiger charge is -2.21. The van der Waals surface area contributed by atoms with E-state index in [2.05, 4.69) is 65.5 Å². The summed E-state index contributed by atoms with van der Waals surface area (Å²) in [5, 5.41) is 3.17. The summed E-state index contributed by atoms with van der Waals surface area (Å²) in [5.74, 6) is 2.37. The van der Waals surface area contributed by atoms with Crippen molar-refractivity contribution >= 4 is 34.4 Å². The quantitative estimate of drug-likeness (QED) is 0.790. The predicted molar refractivity (Wildman–Crippen MR) is 86.4 cm³/mol. The average Bonchev–Trinajstić information content (AvgIpc) is 2.33. The minimum atomic E-state index is 0.600. The van der Waals surface area contributed by atoms with Gasteiger partial charge in [-0.15, -0.1) is 0 Å². The second kappa shape index (κ2) is 7.11. The van der Waals surface area contributed by atoms with Gasteiger partial charge < -0.3 is 10.2 Å². The zero-order valence-corrected chi connectivity index (χ0v) is 14.1. The number of hydrogen-bond donors (Lipinski definition) is 1. The minimum Gasteiger partial charge on any atom is -0.372 e. The summed E-state index contributed by atoms with van der Waals surface area (Å²) in [6.07, 6.45) is 0.990. The van der Waals surface area contributed by atoms with E-state index in [1.807, 2.05) is 7.05 Å². The van der Waals surface area contributed by atoms with E-state index in [4.69, 9.17) is 4.98 Å². The molecule has 1 aromatic heterocycles. The molecule has 4 nitrogen and oxygen atoms in total. The van der Waals surface area contributed by atoms with Crippen LogP contribution in [-0.2, 0) is 6.42 Å². The van der Waals surface area contributed by atoms with Gasteiger partial charge >= 0.3 is 0 Å². The van der Waals surface area contributed by atoms with Gasteiger partial charge in [0.1, 0.15) is 5.82 Å². The number of halogens is 1. The number of nitrogens with one attached hydrogen (secondary N) is 1. The Bertz CT molecular complexity index is 389. The lowest BCUT2D eigenvalue weighted by molar-refractivity contribution is 0.630. The molecule has 0 saturated heterocycles. The summed E-state index contributed by atoms with van der Waals surface area (Å²) in [5.41, 5.74) is 1.15. The molecule has 0 aromatic carbocycles. The molecule has 102 valence electrons. The van der Waals surface area contributed by atoms with Gasteiger partial charge in [0, 0.05) is 20.1 Å². The zero-order valence-electron chi connectivity index (χ0n) is 11.9. The lowest BCUT2D eigenvalue weighted by Crippen LogP contribution is -2.25. The van der Waals surface area contributed by atoms with Gasteiger partial charge in [-0.2, -0.15) is 4.98 Å². The molecule has 0 aliphatic carbocycles. The molecule has 5 heteroatoms. The van der Waals surface area contributed by atoms with Crippen molar-refractivity contribution in [1.82, 2.24) is 9.97 Å². The summed E-state index contributed by atoms with van der Waals surface area (Å²) < 4.78 is 1.14. The van der Waals surface area contributed by atoms with Crippen LogP contribution in [0, 0.1) is 9.49 Å². The molecular weight excluding hydrogens is 339 g/mol. The second-order valence-corrected chi connectivity index (χ2v) is 5.73. The SMILES string of the molecule is CCN(CC)c1nc(CC(C)C)c(I)c(NC)n1. The molecule has 0 atom stereocenters. The average molecular weight is 362 g/mol. The van der Waals surface area contributed by atoms with Crippen LogP contribution in [0.3, 0.4) is 0 Å². The van der Waals surface area contributed by atoms with Crippen molar-refractivity contribution in [3.05, 3.63) is 9.26 Å². The van der Waals surface area contributed by atoms with Crippen molar-refractivity contribution in [2.75, 3.05) is 30.4 Å². The van der Waals surface area contributed by atoms with E-state index >= 15 is 0 Å². The molecule has 0 amide bonds. The maximum atomic E-state index is 4.73. The molecule has 1 rings (SSSR count). The van der Waals surface area contributed by atoms with Gasteiger partial charge in [0.05, 0.1) is 9.26 Å². The van der Waals surface area contributed by atoms with Crippen LogP contribution in [0.1, 0.15) is 33.4 Å². The molecule has 1 N–H and O–H groups in total. The number of rotatable bonds is 6.